The molecule has 1 amide bonds. The topological polar surface area (TPSA) is 55.8 Å². The Kier molecular flexibility index (Phi) is 4.61. The van der Waals surface area contributed by atoms with Gasteiger partial charge in [-0.05, 0) is 35.7 Å². The Morgan fingerprint density at radius 2 is 1.69 bits per heavy atom. The van der Waals surface area contributed by atoms with E-state index in [9.17, 15) is 9.59 Å². The van der Waals surface area contributed by atoms with Gasteiger partial charge >= 0.3 is 0 Å². The maximum absolute atomic E-state index is 12.5. The lowest BCUT2D eigenvalue weighted by Crippen LogP contribution is -2.36. The summed E-state index contributed by atoms with van der Waals surface area (Å²) in [4.78, 5) is 26.8. The Hall–Kier alpha value is -2.82. The first kappa shape index (κ1) is 16.6. The normalized spacial score (nSPS) is 15.3. The Balaban J connectivity index is 1.35. The molecule has 2 aliphatic heterocycles. The zero-order valence-corrected chi connectivity index (χ0v) is 14.6. The molecule has 134 valence electrons. The molecule has 4 rings (SSSR count). The third-order valence-corrected chi connectivity index (χ3v) is 4.91. The number of amides is 1. The molecule has 0 N–H and O–H groups in total. The highest BCUT2D eigenvalue weighted by atomic mass is 16.6. The molecule has 5 heteroatoms. The van der Waals surface area contributed by atoms with Crippen molar-refractivity contribution in [2.75, 3.05) is 19.8 Å². The summed E-state index contributed by atoms with van der Waals surface area (Å²) in [6.07, 6.45) is 1.31. The van der Waals surface area contributed by atoms with E-state index < -0.39 is 0 Å². The third-order valence-electron chi connectivity index (χ3n) is 4.91. The second kappa shape index (κ2) is 7.20. The summed E-state index contributed by atoms with van der Waals surface area (Å²) in [7, 11) is 0. The number of rotatable bonds is 4. The summed E-state index contributed by atoms with van der Waals surface area (Å²) in [5.74, 6) is 1.25. The summed E-state index contributed by atoms with van der Waals surface area (Å²) in [5, 5.41) is 0. The fourth-order valence-corrected chi connectivity index (χ4v) is 3.45. The molecule has 2 aliphatic rings. The van der Waals surface area contributed by atoms with Gasteiger partial charge in [0.2, 0.25) is 5.91 Å². The van der Waals surface area contributed by atoms with Gasteiger partial charge in [0.1, 0.15) is 13.2 Å². The van der Waals surface area contributed by atoms with Crippen LogP contribution in [0.5, 0.6) is 11.5 Å². The molecule has 0 saturated carbocycles. The van der Waals surface area contributed by atoms with E-state index in [0.29, 0.717) is 43.4 Å². The average Bonchev–Trinajstić information content (AvgIpc) is 2.71. The van der Waals surface area contributed by atoms with E-state index in [1.807, 2.05) is 17.0 Å². The molecule has 26 heavy (non-hydrogen) atoms. The highest BCUT2D eigenvalue weighted by Gasteiger charge is 2.21. The van der Waals surface area contributed by atoms with Crippen LogP contribution in [0.1, 0.15) is 34.3 Å². The Labute approximate surface area is 152 Å². The largest absolute Gasteiger partial charge is 0.486 e. The molecule has 5 nitrogen and oxygen atoms in total. The van der Waals surface area contributed by atoms with E-state index in [-0.39, 0.29) is 24.5 Å². The van der Waals surface area contributed by atoms with Crippen LogP contribution in [0.3, 0.4) is 0 Å². The first-order valence-electron chi connectivity index (χ1n) is 8.98. The molecule has 2 aromatic carbocycles. The summed E-state index contributed by atoms with van der Waals surface area (Å²) < 4.78 is 11.0. The van der Waals surface area contributed by atoms with E-state index in [4.69, 9.17) is 9.47 Å². The van der Waals surface area contributed by atoms with Gasteiger partial charge in [0.05, 0.1) is 0 Å². The third kappa shape index (κ3) is 3.43. The number of ether oxygens (including phenoxy) is 2. The first-order valence-corrected chi connectivity index (χ1v) is 8.98. The van der Waals surface area contributed by atoms with E-state index in [1.54, 1.807) is 18.2 Å². The van der Waals surface area contributed by atoms with Crippen LogP contribution < -0.4 is 9.47 Å². The Morgan fingerprint density at radius 1 is 0.923 bits per heavy atom. The molecule has 0 radical (unpaired) electrons. The SMILES string of the molecule is O=C(CCC(=O)N1CCc2ccccc2C1)c1ccc2c(c1)OCCO2. The van der Waals surface area contributed by atoms with Crippen LogP contribution in [-0.2, 0) is 17.8 Å². The number of benzene rings is 2. The smallest absolute Gasteiger partial charge is 0.223 e. The molecule has 0 bridgehead atoms. The molecule has 0 saturated heterocycles. The van der Waals surface area contributed by atoms with Gasteiger partial charge < -0.3 is 14.4 Å². The van der Waals surface area contributed by atoms with Gasteiger partial charge in [-0.3, -0.25) is 9.59 Å². The number of hydrogen-bond acceptors (Lipinski definition) is 4. The molecule has 0 aromatic heterocycles. The van der Waals surface area contributed by atoms with Gasteiger partial charge in [-0.2, -0.15) is 0 Å². The van der Waals surface area contributed by atoms with Crippen LogP contribution in [0.2, 0.25) is 0 Å². The minimum atomic E-state index is -0.0484. The summed E-state index contributed by atoms with van der Waals surface area (Å²) in [6.45, 7) is 2.36. The molecule has 2 aromatic rings. The van der Waals surface area contributed by atoms with Crippen LogP contribution in [0.15, 0.2) is 42.5 Å². The number of nitrogens with zero attached hydrogens (tertiary/aromatic N) is 1. The molecule has 2 heterocycles. The zero-order valence-electron chi connectivity index (χ0n) is 14.6. The average molecular weight is 351 g/mol. The van der Waals surface area contributed by atoms with Crippen molar-refractivity contribution in [3.63, 3.8) is 0 Å². The lowest BCUT2D eigenvalue weighted by Gasteiger charge is -2.28. The fraction of sp³-hybridized carbons (Fsp3) is 0.333. The van der Waals surface area contributed by atoms with E-state index in [0.717, 1.165) is 6.42 Å². The number of carbonyl (C=O) groups is 2. The molecular formula is C21H21NO4. The highest BCUT2D eigenvalue weighted by Crippen LogP contribution is 2.31. The monoisotopic (exact) mass is 351 g/mol. The Bertz CT molecular complexity index is 846. The maximum Gasteiger partial charge on any atom is 0.223 e. The summed E-state index contributed by atoms with van der Waals surface area (Å²) in [5.41, 5.74) is 3.07. The standard InChI is InChI=1S/C21H21NO4/c23-18(16-5-7-19-20(13-16)26-12-11-25-19)6-8-21(24)22-10-9-15-3-1-2-4-17(15)14-22/h1-5,7,13H,6,8-12,14H2. The van der Waals surface area contributed by atoms with Crippen molar-refractivity contribution in [2.45, 2.75) is 25.8 Å². The number of ketones is 1. The minimum Gasteiger partial charge on any atom is -0.486 e. The molecule has 0 spiro atoms. The van der Waals surface area contributed by atoms with Crippen molar-refractivity contribution >= 4 is 11.7 Å². The predicted octanol–water partition coefficient (Wildman–Crippen LogP) is 3.01. The predicted molar refractivity (Wildman–Crippen MR) is 96.6 cm³/mol. The fourth-order valence-electron chi connectivity index (χ4n) is 3.45. The van der Waals surface area contributed by atoms with Gasteiger partial charge in [0.25, 0.3) is 0 Å². The van der Waals surface area contributed by atoms with Crippen molar-refractivity contribution in [1.82, 2.24) is 4.90 Å². The minimum absolute atomic E-state index is 0.0328. The van der Waals surface area contributed by atoms with Gasteiger partial charge in [0.15, 0.2) is 17.3 Å². The lowest BCUT2D eigenvalue weighted by molar-refractivity contribution is -0.132. The van der Waals surface area contributed by atoms with Crippen LogP contribution >= 0.6 is 0 Å². The molecule has 0 fully saturated rings. The Morgan fingerprint density at radius 3 is 2.54 bits per heavy atom. The summed E-state index contributed by atoms with van der Waals surface area (Å²) in [6, 6.07) is 13.4. The first-order chi connectivity index (χ1) is 12.7. The van der Waals surface area contributed by atoms with Crippen LogP contribution in [-0.4, -0.2) is 36.3 Å². The maximum atomic E-state index is 12.5. The van der Waals surface area contributed by atoms with Crippen LogP contribution in [0.25, 0.3) is 0 Å². The molecule has 0 aliphatic carbocycles. The van der Waals surface area contributed by atoms with Crippen LogP contribution in [0.4, 0.5) is 0 Å². The lowest BCUT2D eigenvalue weighted by atomic mass is 9.99. The number of hydrogen-bond donors (Lipinski definition) is 0. The van der Waals surface area contributed by atoms with Crippen molar-refractivity contribution in [2.24, 2.45) is 0 Å². The number of Topliss-reactive ketones (excluding diaryl/α,β-unsaturated/α-hetero) is 1. The van der Waals surface area contributed by atoms with Crippen molar-refractivity contribution in [3.8, 4) is 11.5 Å². The van der Waals surface area contributed by atoms with Crippen molar-refractivity contribution in [3.05, 3.63) is 59.2 Å². The van der Waals surface area contributed by atoms with E-state index >= 15 is 0 Å². The molecular weight excluding hydrogens is 330 g/mol. The van der Waals surface area contributed by atoms with Gasteiger partial charge in [-0.15, -0.1) is 0 Å². The number of fused-ring (bicyclic) bond motifs is 2. The van der Waals surface area contributed by atoms with Crippen molar-refractivity contribution < 1.29 is 19.1 Å². The second-order valence-corrected chi connectivity index (χ2v) is 6.62. The van der Waals surface area contributed by atoms with Crippen LogP contribution in [0, 0.1) is 0 Å². The van der Waals surface area contributed by atoms with E-state index in [1.165, 1.54) is 11.1 Å². The van der Waals surface area contributed by atoms with Gasteiger partial charge in [-0.1, -0.05) is 24.3 Å². The highest BCUT2D eigenvalue weighted by molar-refractivity contribution is 5.98. The quantitative estimate of drug-likeness (QED) is 0.795. The summed E-state index contributed by atoms with van der Waals surface area (Å²) >= 11 is 0. The van der Waals surface area contributed by atoms with Gasteiger partial charge in [0, 0.05) is 31.5 Å². The van der Waals surface area contributed by atoms with Crippen molar-refractivity contribution in [1.29, 1.82) is 0 Å². The molecule has 0 unspecified atom stereocenters. The van der Waals surface area contributed by atoms with E-state index in [2.05, 4.69) is 12.1 Å². The number of carbonyl (C=O) groups excluding carboxylic acids is 2. The molecule has 0 atom stereocenters. The zero-order chi connectivity index (χ0) is 17.9. The second-order valence-electron chi connectivity index (χ2n) is 6.62. The van der Waals surface area contributed by atoms with Gasteiger partial charge in [-0.25, -0.2) is 0 Å².